The summed E-state index contributed by atoms with van der Waals surface area (Å²) in [5.74, 6) is -1.33. The third kappa shape index (κ3) is 3.96. The molecule has 0 heterocycles. The molecule has 1 aromatic carbocycles. The first kappa shape index (κ1) is 13.3. The van der Waals surface area contributed by atoms with E-state index in [1.54, 1.807) is 6.92 Å². The zero-order valence-electron chi connectivity index (χ0n) is 9.20. The molecule has 2 N–H and O–H groups in total. The van der Waals surface area contributed by atoms with Crippen molar-refractivity contribution in [2.45, 2.75) is 6.92 Å². The number of carbonyl (C=O) groups excluding carboxylic acids is 2. The molecule has 0 aliphatic carbocycles. The lowest BCUT2D eigenvalue weighted by Crippen LogP contribution is -2.30. The average molecular weight is 258 g/mol. The lowest BCUT2D eigenvalue weighted by Gasteiger charge is -2.06. The van der Waals surface area contributed by atoms with Crippen LogP contribution in [0.2, 0.25) is 5.02 Å². The van der Waals surface area contributed by atoms with Crippen LogP contribution in [0.1, 0.15) is 17.3 Å². The van der Waals surface area contributed by atoms with Crippen molar-refractivity contribution in [3.05, 3.63) is 28.8 Å². The summed E-state index contributed by atoms with van der Waals surface area (Å²) < 4.78 is 4.64. The molecule has 1 aromatic rings. The molecule has 0 aromatic heterocycles. The summed E-state index contributed by atoms with van der Waals surface area (Å²) in [5.41, 5.74) is 0.0544. The van der Waals surface area contributed by atoms with E-state index in [0.717, 1.165) is 0 Å². The molecule has 1 rings (SSSR count). The lowest BCUT2D eigenvalue weighted by molar-refractivity contribution is -0.141. The predicted molar refractivity (Wildman–Crippen MR) is 62.1 cm³/mol. The third-order valence-electron chi connectivity index (χ3n) is 1.90. The van der Waals surface area contributed by atoms with Gasteiger partial charge in [-0.1, -0.05) is 11.6 Å². The Bertz CT molecular complexity index is 433. The molecule has 0 aliphatic rings. The molecule has 92 valence electrons. The molecular weight excluding hydrogens is 246 g/mol. The van der Waals surface area contributed by atoms with Gasteiger partial charge in [-0.3, -0.25) is 9.59 Å². The molecule has 0 radical (unpaired) electrons. The molecule has 0 saturated carbocycles. The van der Waals surface area contributed by atoms with Crippen molar-refractivity contribution in [2.24, 2.45) is 0 Å². The highest BCUT2D eigenvalue weighted by molar-refractivity contribution is 6.30. The summed E-state index contributed by atoms with van der Waals surface area (Å²) in [4.78, 5) is 22.6. The molecule has 6 heteroatoms. The van der Waals surface area contributed by atoms with Crippen molar-refractivity contribution in [3.8, 4) is 5.75 Å². The number of hydrogen-bond donors (Lipinski definition) is 2. The van der Waals surface area contributed by atoms with E-state index in [1.807, 2.05) is 0 Å². The maximum atomic E-state index is 11.6. The first-order chi connectivity index (χ1) is 8.04. The number of aromatic hydroxyl groups is 1. The molecule has 0 atom stereocenters. The first-order valence-corrected chi connectivity index (χ1v) is 5.34. The van der Waals surface area contributed by atoms with E-state index < -0.39 is 11.9 Å². The van der Waals surface area contributed by atoms with Gasteiger partial charge in [0.2, 0.25) is 0 Å². The van der Waals surface area contributed by atoms with Gasteiger partial charge in [-0.15, -0.1) is 0 Å². The summed E-state index contributed by atoms with van der Waals surface area (Å²) >= 11 is 5.62. The van der Waals surface area contributed by atoms with E-state index in [9.17, 15) is 14.7 Å². The Kier molecular flexibility index (Phi) is 4.78. The maximum Gasteiger partial charge on any atom is 0.325 e. The number of hydrogen-bond acceptors (Lipinski definition) is 4. The molecule has 5 nitrogen and oxygen atoms in total. The highest BCUT2D eigenvalue weighted by Crippen LogP contribution is 2.21. The standard InChI is InChI=1S/C11H12ClNO4/c1-2-17-10(15)6-13-11(16)8-4-3-7(12)5-9(8)14/h3-5,14H,2,6H2,1H3,(H,13,16). The largest absolute Gasteiger partial charge is 0.507 e. The number of benzene rings is 1. The molecular formula is C11H12ClNO4. The first-order valence-electron chi connectivity index (χ1n) is 4.97. The Labute approximate surface area is 103 Å². The number of phenolic OH excluding ortho intramolecular Hbond substituents is 1. The summed E-state index contributed by atoms with van der Waals surface area (Å²) in [6.07, 6.45) is 0. The minimum absolute atomic E-state index is 0.0544. The number of amides is 1. The van der Waals surface area contributed by atoms with Crippen LogP contribution in [0.15, 0.2) is 18.2 Å². The Balaban J connectivity index is 2.61. The van der Waals surface area contributed by atoms with Gasteiger partial charge >= 0.3 is 5.97 Å². The van der Waals surface area contributed by atoms with E-state index >= 15 is 0 Å². The number of nitrogens with one attached hydrogen (secondary N) is 1. The molecule has 0 saturated heterocycles. The topological polar surface area (TPSA) is 75.6 Å². The normalized spacial score (nSPS) is 9.76. The van der Waals surface area contributed by atoms with Crippen LogP contribution in [0.25, 0.3) is 0 Å². The third-order valence-corrected chi connectivity index (χ3v) is 2.14. The van der Waals surface area contributed by atoms with E-state index in [4.69, 9.17) is 11.6 Å². The molecule has 0 spiro atoms. The maximum absolute atomic E-state index is 11.6. The van der Waals surface area contributed by atoms with Crippen molar-refractivity contribution in [2.75, 3.05) is 13.2 Å². The fourth-order valence-corrected chi connectivity index (χ4v) is 1.32. The Morgan fingerprint density at radius 2 is 2.18 bits per heavy atom. The minimum atomic E-state index is -0.563. The Morgan fingerprint density at radius 1 is 1.47 bits per heavy atom. The van der Waals surface area contributed by atoms with Gasteiger partial charge in [-0.05, 0) is 25.1 Å². The van der Waals surface area contributed by atoms with Crippen molar-refractivity contribution < 1.29 is 19.4 Å². The van der Waals surface area contributed by atoms with Crippen LogP contribution >= 0.6 is 11.6 Å². The van der Waals surface area contributed by atoms with E-state index in [-0.39, 0.29) is 24.5 Å². The van der Waals surface area contributed by atoms with Gasteiger partial charge in [-0.2, -0.15) is 0 Å². The second kappa shape index (κ2) is 6.10. The molecule has 0 fully saturated rings. The smallest absolute Gasteiger partial charge is 0.325 e. The van der Waals surface area contributed by atoms with Crippen LogP contribution in [-0.2, 0) is 9.53 Å². The monoisotopic (exact) mass is 257 g/mol. The quantitative estimate of drug-likeness (QED) is 0.798. The van der Waals surface area contributed by atoms with Crippen molar-refractivity contribution in [1.82, 2.24) is 5.32 Å². The fourth-order valence-electron chi connectivity index (χ4n) is 1.16. The van der Waals surface area contributed by atoms with Crippen molar-refractivity contribution in [3.63, 3.8) is 0 Å². The van der Waals surface area contributed by atoms with Gasteiger partial charge < -0.3 is 15.2 Å². The molecule has 0 aliphatic heterocycles. The second-order valence-electron chi connectivity index (χ2n) is 3.15. The zero-order chi connectivity index (χ0) is 12.8. The predicted octanol–water partition coefficient (Wildman–Crippen LogP) is 1.34. The van der Waals surface area contributed by atoms with Gasteiger partial charge in [0.1, 0.15) is 12.3 Å². The highest BCUT2D eigenvalue weighted by Gasteiger charge is 2.12. The van der Waals surface area contributed by atoms with E-state index in [2.05, 4.69) is 10.1 Å². The summed E-state index contributed by atoms with van der Waals surface area (Å²) in [6.45, 7) is 1.68. The Hall–Kier alpha value is -1.75. The lowest BCUT2D eigenvalue weighted by atomic mass is 10.2. The number of esters is 1. The molecule has 17 heavy (non-hydrogen) atoms. The zero-order valence-corrected chi connectivity index (χ0v) is 9.95. The number of ether oxygens (including phenoxy) is 1. The van der Waals surface area contributed by atoms with Gasteiger partial charge in [0.15, 0.2) is 0 Å². The van der Waals surface area contributed by atoms with E-state index in [0.29, 0.717) is 5.02 Å². The van der Waals surface area contributed by atoms with Gasteiger partial charge in [0.05, 0.1) is 12.2 Å². The fraction of sp³-hybridized carbons (Fsp3) is 0.273. The SMILES string of the molecule is CCOC(=O)CNC(=O)c1ccc(Cl)cc1O. The van der Waals surface area contributed by atoms with Crippen molar-refractivity contribution >= 4 is 23.5 Å². The number of halogens is 1. The highest BCUT2D eigenvalue weighted by atomic mass is 35.5. The molecule has 1 amide bonds. The summed E-state index contributed by atoms with van der Waals surface area (Å²) in [6, 6.07) is 4.10. The van der Waals surface area contributed by atoms with Crippen LogP contribution < -0.4 is 5.32 Å². The minimum Gasteiger partial charge on any atom is -0.507 e. The summed E-state index contributed by atoms with van der Waals surface area (Å²) in [5, 5.41) is 12.1. The summed E-state index contributed by atoms with van der Waals surface area (Å²) in [7, 11) is 0. The van der Waals surface area contributed by atoms with E-state index in [1.165, 1.54) is 18.2 Å². The van der Waals surface area contributed by atoms with Crippen LogP contribution in [-0.4, -0.2) is 30.1 Å². The number of phenols is 1. The number of rotatable bonds is 4. The van der Waals surface area contributed by atoms with Crippen LogP contribution in [0.3, 0.4) is 0 Å². The molecule has 0 unspecified atom stereocenters. The van der Waals surface area contributed by atoms with Gasteiger partial charge in [0.25, 0.3) is 5.91 Å². The Morgan fingerprint density at radius 3 is 2.76 bits per heavy atom. The van der Waals surface area contributed by atoms with Crippen molar-refractivity contribution in [1.29, 1.82) is 0 Å². The number of carbonyl (C=O) groups is 2. The molecule has 0 bridgehead atoms. The van der Waals surface area contributed by atoms with Crippen LogP contribution in [0, 0.1) is 0 Å². The van der Waals surface area contributed by atoms with Crippen LogP contribution in [0.4, 0.5) is 0 Å². The van der Waals surface area contributed by atoms with Gasteiger partial charge in [-0.25, -0.2) is 0 Å². The second-order valence-corrected chi connectivity index (χ2v) is 3.59. The average Bonchev–Trinajstić information content (AvgIpc) is 2.26. The van der Waals surface area contributed by atoms with Crippen LogP contribution in [0.5, 0.6) is 5.75 Å². The van der Waals surface area contributed by atoms with Gasteiger partial charge in [0, 0.05) is 5.02 Å².